The van der Waals surface area contributed by atoms with Crippen molar-refractivity contribution in [3.63, 3.8) is 0 Å². The van der Waals surface area contributed by atoms with Crippen molar-refractivity contribution < 1.29 is 14.3 Å². The molecule has 0 saturated heterocycles. The summed E-state index contributed by atoms with van der Waals surface area (Å²) < 4.78 is 15.1. The maximum atomic E-state index is 13.8. The number of nitrogens with one attached hydrogen (secondary N) is 1. The van der Waals surface area contributed by atoms with Crippen LogP contribution in [0.3, 0.4) is 0 Å². The SMILES string of the molecule is O=C(Nc1ccc(O)cc1F)[C@H](Cc1ccccc1)n1cnnn1. The van der Waals surface area contributed by atoms with Crippen molar-refractivity contribution in [2.45, 2.75) is 12.5 Å². The fourth-order valence-corrected chi connectivity index (χ4v) is 2.28. The lowest BCUT2D eigenvalue weighted by molar-refractivity contribution is -0.119. The number of hydrogen-bond donors (Lipinski definition) is 2. The Morgan fingerprint density at radius 2 is 2.04 bits per heavy atom. The van der Waals surface area contributed by atoms with Crippen LogP contribution in [0.2, 0.25) is 0 Å². The van der Waals surface area contributed by atoms with Crippen molar-refractivity contribution in [1.82, 2.24) is 20.2 Å². The molecule has 0 aliphatic rings. The number of phenols is 1. The number of hydrogen-bond acceptors (Lipinski definition) is 5. The summed E-state index contributed by atoms with van der Waals surface area (Å²) >= 11 is 0. The highest BCUT2D eigenvalue weighted by Gasteiger charge is 2.23. The smallest absolute Gasteiger partial charge is 0.249 e. The zero-order valence-electron chi connectivity index (χ0n) is 12.5. The maximum Gasteiger partial charge on any atom is 0.249 e. The molecule has 0 aliphatic heterocycles. The van der Waals surface area contributed by atoms with Gasteiger partial charge in [-0.1, -0.05) is 30.3 Å². The third-order valence-corrected chi connectivity index (χ3v) is 3.47. The second kappa shape index (κ2) is 6.86. The van der Waals surface area contributed by atoms with Gasteiger partial charge in [-0.25, -0.2) is 9.07 Å². The Labute approximate surface area is 136 Å². The van der Waals surface area contributed by atoms with E-state index in [0.29, 0.717) is 6.42 Å². The van der Waals surface area contributed by atoms with Gasteiger partial charge in [0.05, 0.1) is 5.69 Å². The molecule has 24 heavy (non-hydrogen) atoms. The number of phenolic OH excluding ortho intramolecular Hbond substituents is 1. The average Bonchev–Trinajstić information content (AvgIpc) is 3.10. The van der Waals surface area contributed by atoms with Gasteiger partial charge in [0.1, 0.15) is 23.9 Å². The van der Waals surface area contributed by atoms with E-state index < -0.39 is 17.8 Å². The van der Waals surface area contributed by atoms with E-state index >= 15 is 0 Å². The molecule has 0 spiro atoms. The largest absolute Gasteiger partial charge is 0.508 e. The quantitative estimate of drug-likeness (QED) is 0.699. The van der Waals surface area contributed by atoms with Crippen molar-refractivity contribution in [2.24, 2.45) is 0 Å². The number of tetrazole rings is 1. The number of carbonyl (C=O) groups is 1. The number of anilines is 1. The molecule has 3 aromatic rings. The molecular formula is C16H14FN5O2. The van der Waals surface area contributed by atoms with Crippen LogP contribution in [0, 0.1) is 5.82 Å². The van der Waals surface area contributed by atoms with Gasteiger partial charge < -0.3 is 10.4 Å². The first kappa shape index (κ1) is 15.6. The van der Waals surface area contributed by atoms with E-state index in [9.17, 15) is 14.3 Å². The van der Waals surface area contributed by atoms with Crippen LogP contribution in [0.1, 0.15) is 11.6 Å². The third kappa shape index (κ3) is 3.54. The van der Waals surface area contributed by atoms with E-state index in [1.54, 1.807) is 0 Å². The van der Waals surface area contributed by atoms with Crippen LogP contribution in [0.25, 0.3) is 0 Å². The second-order valence-electron chi connectivity index (χ2n) is 5.15. The first-order valence-corrected chi connectivity index (χ1v) is 7.19. The molecule has 2 aromatic carbocycles. The molecule has 0 fully saturated rings. The van der Waals surface area contributed by atoms with Crippen molar-refractivity contribution in [1.29, 1.82) is 0 Å². The summed E-state index contributed by atoms with van der Waals surface area (Å²) in [5, 5.41) is 22.6. The van der Waals surface area contributed by atoms with Crippen LogP contribution in [0.15, 0.2) is 54.9 Å². The second-order valence-corrected chi connectivity index (χ2v) is 5.15. The lowest BCUT2D eigenvalue weighted by Gasteiger charge is -2.16. The number of halogens is 1. The zero-order chi connectivity index (χ0) is 16.9. The van der Waals surface area contributed by atoms with Crippen LogP contribution in [-0.4, -0.2) is 31.2 Å². The number of rotatable bonds is 5. The van der Waals surface area contributed by atoms with Gasteiger partial charge in [0.15, 0.2) is 0 Å². The molecule has 0 radical (unpaired) electrons. The summed E-state index contributed by atoms with van der Waals surface area (Å²) in [5.74, 6) is -1.40. The van der Waals surface area contributed by atoms with Gasteiger partial charge in [0, 0.05) is 12.5 Å². The normalized spacial score (nSPS) is 11.9. The van der Waals surface area contributed by atoms with E-state index in [4.69, 9.17) is 0 Å². The number of carbonyl (C=O) groups excluding carboxylic acids is 1. The van der Waals surface area contributed by atoms with Crippen molar-refractivity contribution in [3.05, 3.63) is 66.2 Å². The molecule has 1 atom stereocenters. The van der Waals surface area contributed by atoms with Crippen LogP contribution in [-0.2, 0) is 11.2 Å². The minimum atomic E-state index is -0.740. The molecule has 0 aliphatic carbocycles. The summed E-state index contributed by atoms with van der Waals surface area (Å²) in [6, 6.07) is 12.1. The minimum absolute atomic E-state index is 0.0241. The summed E-state index contributed by atoms with van der Waals surface area (Å²) in [5.41, 5.74) is 0.892. The summed E-state index contributed by atoms with van der Waals surface area (Å²) in [4.78, 5) is 12.6. The zero-order valence-corrected chi connectivity index (χ0v) is 12.5. The van der Waals surface area contributed by atoms with Gasteiger partial charge in [-0.3, -0.25) is 4.79 Å². The van der Waals surface area contributed by atoms with Crippen molar-refractivity contribution >= 4 is 11.6 Å². The van der Waals surface area contributed by atoms with Gasteiger partial charge in [0.2, 0.25) is 5.91 Å². The summed E-state index contributed by atoms with van der Waals surface area (Å²) in [6.07, 6.45) is 1.68. The van der Waals surface area contributed by atoms with E-state index in [0.717, 1.165) is 11.6 Å². The Balaban J connectivity index is 1.83. The monoisotopic (exact) mass is 327 g/mol. The Kier molecular flexibility index (Phi) is 4.46. The molecule has 1 heterocycles. The molecule has 8 heteroatoms. The molecule has 122 valence electrons. The Morgan fingerprint density at radius 3 is 2.71 bits per heavy atom. The molecular weight excluding hydrogens is 313 g/mol. The van der Waals surface area contributed by atoms with Gasteiger partial charge in [0.25, 0.3) is 0 Å². The average molecular weight is 327 g/mol. The van der Waals surface area contributed by atoms with Gasteiger partial charge in [-0.2, -0.15) is 0 Å². The lowest BCUT2D eigenvalue weighted by atomic mass is 10.1. The number of benzene rings is 2. The Bertz CT molecular complexity index is 824. The van der Waals surface area contributed by atoms with Crippen LogP contribution >= 0.6 is 0 Å². The molecule has 1 aromatic heterocycles. The molecule has 2 N–H and O–H groups in total. The van der Waals surface area contributed by atoms with Crippen LogP contribution < -0.4 is 5.32 Å². The number of aromatic nitrogens is 4. The minimum Gasteiger partial charge on any atom is -0.508 e. The Hall–Kier alpha value is -3.29. The molecule has 0 bridgehead atoms. The highest BCUT2D eigenvalue weighted by atomic mass is 19.1. The molecule has 3 rings (SSSR count). The van der Waals surface area contributed by atoms with Gasteiger partial charge in [-0.15, -0.1) is 5.10 Å². The van der Waals surface area contributed by atoms with Crippen LogP contribution in [0.5, 0.6) is 5.75 Å². The van der Waals surface area contributed by atoms with Crippen LogP contribution in [0.4, 0.5) is 10.1 Å². The van der Waals surface area contributed by atoms with E-state index in [1.807, 2.05) is 30.3 Å². The van der Waals surface area contributed by atoms with Gasteiger partial charge in [-0.05, 0) is 28.1 Å². The van der Waals surface area contributed by atoms with Crippen molar-refractivity contribution in [3.8, 4) is 5.75 Å². The van der Waals surface area contributed by atoms with E-state index in [1.165, 1.54) is 23.1 Å². The number of nitrogens with zero attached hydrogens (tertiary/aromatic N) is 4. The fourth-order valence-electron chi connectivity index (χ4n) is 2.28. The molecule has 0 unspecified atom stereocenters. The van der Waals surface area contributed by atoms with Gasteiger partial charge >= 0.3 is 0 Å². The fraction of sp³-hybridized carbons (Fsp3) is 0.125. The highest BCUT2D eigenvalue weighted by molar-refractivity contribution is 5.94. The summed E-state index contributed by atoms with van der Waals surface area (Å²) in [6.45, 7) is 0. The topological polar surface area (TPSA) is 92.9 Å². The van der Waals surface area contributed by atoms with E-state index in [2.05, 4.69) is 20.8 Å². The molecule has 7 nitrogen and oxygen atoms in total. The Morgan fingerprint density at radius 1 is 1.25 bits per heavy atom. The highest BCUT2D eigenvalue weighted by Crippen LogP contribution is 2.21. The number of aromatic hydroxyl groups is 1. The summed E-state index contributed by atoms with van der Waals surface area (Å²) in [7, 11) is 0. The molecule has 1 amide bonds. The predicted molar refractivity (Wildman–Crippen MR) is 83.7 cm³/mol. The standard InChI is InChI=1S/C16H14FN5O2/c17-13-9-12(23)6-7-14(13)19-16(24)15(22-10-18-20-21-22)8-11-4-2-1-3-5-11/h1-7,9-10,15,23H,8H2,(H,19,24)/t15-/m0/s1. The third-order valence-electron chi connectivity index (χ3n) is 3.47. The lowest BCUT2D eigenvalue weighted by Crippen LogP contribution is -2.28. The van der Waals surface area contributed by atoms with Crippen molar-refractivity contribution in [2.75, 3.05) is 5.32 Å². The first-order chi connectivity index (χ1) is 11.6. The van der Waals surface area contributed by atoms with E-state index in [-0.39, 0.29) is 11.4 Å². The molecule has 0 saturated carbocycles. The number of amides is 1. The maximum absolute atomic E-state index is 13.8. The predicted octanol–water partition coefficient (Wildman–Crippen LogP) is 1.94. The first-order valence-electron chi connectivity index (χ1n) is 7.19.